The minimum absolute atomic E-state index is 0.215. The summed E-state index contributed by atoms with van der Waals surface area (Å²) >= 11 is 6.02. The number of carbonyl (C=O) groups is 2. The minimum atomic E-state index is -3.45. The number of benzene rings is 2. The average Bonchev–Trinajstić information content (AvgIpc) is 3.41. The molecule has 2 amide bonds. The molecule has 3 aromatic rings. The van der Waals surface area contributed by atoms with E-state index in [4.69, 9.17) is 17.3 Å². The number of imidazole rings is 1. The third kappa shape index (κ3) is 7.94. The molecule has 0 radical (unpaired) electrons. The van der Waals surface area contributed by atoms with Crippen molar-refractivity contribution in [3.05, 3.63) is 77.3 Å². The Kier molecular flexibility index (Phi) is 9.10. The lowest BCUT2D eigenvalue weighted by molar-refractivity contribution is -0.137. The Labute approximate surface area is 232 Å². The van der Waals surface area contributed by atoms with Crippen LogP contribution in [0.3, 0.4) is 0 Å². The van der Waals surface area contributed by atoms with Crippen LogP contribution >= 0.6 is 11.6 Å². The first-order chi connectivity index (χ1) is 18.6. The number of anilines is 2. The topological polar surface area (TPSA) is 154 Å². The van der Waals surface area contributed by atoms with E-state index in [0.717, 1.165) is 17.5 Å². The Morgan fingerprint density at radius 1 is 1.08 bits per heavy atom. The van der Waals surface area contributed by atoms with Crippen LogP contribution in [0, 0.1) is 0 Å². The molecule has 1 aliphatic heterocycles. The van der Waals surface area contributed by atoms with Crippen LogP contribution in [0.1, 0.15) is 11.3 Å². The number of nitrogens with two attached hydrogens (primary N) is 1. The molecule has 2 heterocycles. The third-order valence-corrected chi connectivity index (χ3v) is 7.26. The van der Waals surface area contributed by atoms with E-state index in [9.17, 15) is 18.0 Å². The maximum atomic E-state index is 13.7. The monoisotopic (exact) mass is 573 g/mol. The van der Waals surface area contributed by atoms with Crippen molar-refractivity contribution in [2.45, 2.75) is 24.9 Å². The Bertz CT molecular complexity index is 1380. The molecule has 0 spiro atoms. The third-order valence-electron chi connectivity index (χ3n) is 6.42. The van der Waals surface area contributed by atoms with Gasteiger partial charge in [0.25, 0.3) is 0 Å². The molecule has 5 N–H and O–H groups in total. The number of para-hydroxylation sites is 2. The first kappa shape index (κ1) is 28.4. The number of aromatic amines is 1. The number of nitrogens with one attached hydrogen (secondary N) is 3. The summed E-state index contributed by atoms with van der Waals surface area (Å²) in [5.74, 6) is -0.655. The second-order valence-corrected chi connectivity index (χ2v) is 11.7. The number of aromatic nitrogens is 2. The van der Waals surface area contributed by atoms with Gasteiger partial charge in [0.15, 0.2) is 0 Å². The summed E-state index contributed by atoms with van der Waals surface area (Å²) < 4.78 is 26.2. The minimum Gasteiger partial charge on any atom is -0.366 e. The molecule has 0 bridgehead atoms. The van der Waals surface area contributed by atoms with E-state index < -0.39 is 28.0 Å². The zero-order valence-corrected chi connectivity index (χ0v) is 23.1. The van der Waals surface area contributed by atoms with Crippen LogP contribution in [0.5, 0.6) is 0 Å². The molecule has 11 nitrogen and oxygen atoms in total. The molecule has 0 saturated carbocycles. The highest BCUT2D eigenvalue weighted by Gasteiger charge is 2.31. The van der Waals surface area contributed by atoms with Crippen molar-refractivity contribution in [3.8, 4) is 0 Å². The molecular formula is C26H32ClN7O4S. The summed E-state index contributed by atoms with van der Waals surface area (Å²) in [4.78, 5) is 37.3. The van der Waals surface area contributed by atoms with Gasteiger partial charge in [-0.25, -0.2) is 13.4 Å². The predicted octanol–water partition coefficient (Wildman–Crippen LogP) is 1.38. The maximum Gasteiger partial charge on any atom is 0.245 e. The second-order valence-electron chi connectivity index (χ2n) is 9.47. The quantitative estimate of drug-likeness (QED) is 0.286. The Morgan fingerprint density at radius 2 is 1.77 bits per heavy atom. The molecule has 39 heavy (non-hydrogen) atoms. The van der Waals surface area contributed by atoms with Crippen molar-refractivity contribution in [3.63, 3.8) is 0 Å². The van der Waals surface area contributed by atoms with Gasteiger partial charge in [-0.1, -0.05) is 35.9 Å². The van der Waals surface area contributed by atoms with Crippen molar-refractivity contribution < 1.29 is 18.0 Å². The lowest BCUT2D eigenvalue weighted by atomic mass is 10.0. The summed E-state index contributed by atoms with van der Waals surface area (Å²) in [6.45, 7) is 1.79. The molecule has 0 unspecified atom stereocenters. The molecule has 0 aliphatic carbocycles. The number of hydrogen-bond donors (Lipinski definition) is 4. The fourth-order valence-corrected chi connectivity index (χ4v) is 5.18. The number of carbonyl (C=O) groups excluding carboxylic acids is 2. The van der Waals surface area contributed by atoms with Crippen molar-refractivity contribution in [1.29, 1.82) is 0 Å². The molecule has 1 fully saturated rings. The maximum absolute atomic E-state index is 13.7. The molecular weight excluding hydrogens is 542 g/mol. The van der Waals surface area contributed by atoms with Crippen LogP contribution in [0.4, 0.5) is 11.4 Å². The SMILES string of the molecule is CS(=O)(=O)Nc1ccccc1N1CCN(C(=O)[C@@H](Cc2ccc(Cl)cc2)NC(=O)[C@@H](N)Cc2c[nH]cn2)CC1. The van der Waals surface area contributed by atoms with Gasteiger partial charge in [-0.15, -0.1) is 0 Å². The van der Waals surface area contributed by atoms with Gasteiger partial charge in [0.1, 0.15) is 6.04 Å². The number of amides is 2. The summed E-state index contributed by atoms with van der Waals surface area (Å²) in [5, 5.41) is 3.43. The molecule has 208 valence electrons. The summed E-state index contributed by atoms with van der Waals surface area (Å²) in [6.07, 6.45) is 4.81. The van der Waals surface area contributed by atoms with Gasteiger partial charge in [-0.05, 0) is 29.8 Å². The summed E-state index contributed by atoms with van der Waals surface area (Å²) in [5.41, 5.74) is 8.85. The van der Waals surface area contributed by atoms with Gasteiger partial charge < -0.3 is 25.8 Å². The fraction of sp³-hybridized carbons (Fsp3) is 0.346. The molecule has 13 heteroatoms. The van der Waals surface area contributed by atoms with E-state index in [-0.39, 0.29) is 18.7 Å². The lowest BCUT2D eigenvalue weighted by Crippen LogP contribution is -2.57. The van der Waals surface area contributed by atoms with Crippen molar-refractivity contribution in [1.82, 2.24) is 20.2 Å². The van der Waals surface area contributed by atoms with Gasteiger partial charge in [0.05, 0.1) is 35.7 Å². The van der Waals surface area contributed by atoms with Crippen molar-refractivity contribution >= 4 is 44.8 Å². The highest BCUT2D eigenvalue weighted by molar-refractivity contribution is 7.92. The van der Waals surface area contributed by atoms with Crippen LogP contribution in [0.2, 0.25) is 5.02 Å². The Hall–Kier alpha value is -3.61. The van der Waals surface area contributed by atoms with E-state index in [2.05, 4.69) is 20.0 Å². The largest absolute Gasteiger partial charge is 0.366 e. The second kappa shape index (κ2) is 12.5. The van der Waals surface area contributed by atoms with Gasteiger partial charge >= 0.3 is 0 Å². The molecule has 1 saturated heterocycles. The first-order valence-corrected chi connectivity index (χ1v) is 14.7. The number of piperazine rings is 1. The van der Waals surface area contributed by atoms with Crippen LogP contribution in [0.25, 0.3) is 0 Å². The number of hydrogen-bond acceptors (Lipinski definition) is 7. The Morgan fingerprint density at radius 3 is 2.41 bits per heavy atom. The zero-order valence-electron chi connectivity index (χ0n) is 21.5. The standard InChI is InChI=1S/C26H32ClN7O4S/c1-39(37,38)32-22-4-2-3-5-24(22)33-10-12-34(13-11-33)26(36)23(14-18-6-8-19(27)9-7-18)31-25(35)21(28)15-20-16-29-17-30-20/h2-9,16-17,21,23,32H,10-15,28H2,1H3,(H,29,30)(H,31,35)/t21-,23+/m0/s1. The molecule has 2 atom stereocenters. The predicted molar refractivity (Wildman–Crippen MR) is 151 cm³/mol. The van der Waals surface area contributed by atoms with Crippen molar-refractivity contribution in [2.24, 2.45) is 5.73 Å². The number of H-pyrrole nitrogens is 1. The average molecular weight is 574 g/mol. The molecule has 4 rings (SSSR count). The number of halogens is 1. The molecule has 1 aliphatic rings. The summed E-state index contributed by atoms with van der Waals surface area (Å²) in [6, 6.07) is 12.6. The first-order valence-electron chi connectivity index (χ1n) is 12.5. The lowest BCUT2D eigenvalue weighted by Gasteiger charge is -2.38. The smallest absolute Gasteiger partial charge is 0.245 e. The van der Waals surface area contributed by atoms with E-state index in [1.807, 2.05) is 29.2 Å². The van der Waals surface area contributed by atoms with Crippen molar-refractivity contribution in [2.75, 3.05) is 42.1 Å². The van der Waals surface area contributed by atoms with Crippen LogP contribution < -0.4 is 20.7 Å². The Balaban J connectivity index is 1.45. The van der Waals surface area contributed by atoms with Gasteiger partial charge in [0, 0.05) is 50.2 Å². The van der Waals surface area contributed by atoms with Gasteiger partial charge in [-0.3, -0.25) is 14.3 Å². The highest BCUT2D eigenvalue weighted by Crippen LogP contribution is 2.27. The number of rotatable bonds is 10. The molecule has 1 aromatic heterocycles. The van der Waals surface area contributed by atoms with E-state index >= 15 is 0 Å². The zero-order chi connectivity index (χ0) is 28.0. The van der Waals surface area contributed by atoms with Gasteiger partial charge in [0.2, 0.25) is 21.8 Å². The van der Waals surface area contributed by atoms with E-state index in [1.165, 1.54) is 6.33 Å². The normalized spacial score (nSPS) is 15.5. The number of sulfonamides is 1. The molecule has 2 aromatic carbocycles. The van der Waals surface area contributed by atoms with E-state index in [0.29, 0.717) is 42.6 Å². The summed E-state index contributed by atoms with van der Waals surface area (Å²) in [7, 11) is -3.45. The van der Waals surface area contributed by atoms with Gasteiger partial charge in [-0.2, -0.15) is 0 Å². The highest BCUT2D eigenvalue weighted by atomic mass is 35.5. The van der Waals surface area contributed by atoms with Crippen LogP contribution in [0.15, 0.2) is 61.1 Å². The van der Waals surface area contributed by atoms with E-state index in [1.54, 1.807) is 35.4 Å². The van der Waals surface area contributed by atoms with Crippen LogP contribution in [-0.4, -0.2) is 79.6 Å². The number of nitrogens with zero attached hydrogens (tertiary/aromatic N) is 3. The fourth-order valence-electron chi connectivity index (χ4n) is 4.48. The van der Waals surface area contributed by atoms with Crippen LogP contribution in [-0.2, 0) is 32.5 Å².